The fourth-order valence-corrected chi connectivity index (χ4v) is 3.57. The van der Waals surface area contributed by atoms with E-state index >= 15 is 0 Å². The summed E-state index contributed by atoms with van der Waals surface area (Å²) in [6.07, 6.45) is 0. The summed E-state index contributed by atoms with van der Waals surface area (Å²) >= 11 is 2.75. The van der Waals surface area contributed by atoms with Gasteiger partial charge in [0, 0.05) is 4.88 Å². The first-order chi connectivity index (χ1) is 12.1. The lowest BCUT2D eigenvalue weighted by molar-refractivity contribution is -0.120. The van der Waals surface area contributed by atoms with Crippen molar-refractivity contribution < 1.29 is 9.18 Å². The molecule has 1 atom stereocenters. The lowest BCUT2D eigenvalue weighted by Crippen LogP contribution is -2.30. The standard InChI is InChI=1S/C16H16FN5OS2/c1-10(15(23)19-9-11-5-4-8-24-11)25-16-21-20-14(22(16)18)12-6-2-3-7-13(12)17/h2-8,10H,9,18H2,1H3,(H,19,23)/t10-/m0/s1. The molecule has 3 N–H and O–H groups in total. The van der Waals surface area contributed by atoms with Crippen molar-refractivity contribution in [3.8, 4) is 11.4 Å². The van der Waals surface area contributed by atoms with E-state index in [0.717, 1.165) is 4.88 Å². The van der Waals surface area contributed by atoms with Gasteiger partial charge in [-0.25, -0.2) is 9.07 Å². The van der Waals surface area contributed by atoms with Crippen molar-refractivity contribution in [2.45, 2.75) is 23.9 Å². The summed E-state index contributed by atoms with van der Waals surface area (Å²) in [7, 11) is 0. The van der Waals surface area contributed by atoms with Crippen LogP contribution >= 0.6 is 23.1 Å². The van der Waals surface area contributed by atoms with Gasteiger partial charge in [0.15, 0.2) is 5.82 Å². The lowest BCUT2D eigenvalue weighted by Gasteiger charge is -2.11. The average molecular weight is 377 g/mol. The van der Waals surface area contributed by atoms with E-state index in [1.54, 1.807) is 36.5 Å². The Morgan fingerprint density at radius 2 is 2.16 bits per heavy atom. The molecule has 9 heteroatoms. The number of thioether (sulfide) groups is 1. The van der Waals surface area contributed by atoms with E-state index in [9.17, 15) is 9.18 Å². The maximum absolute atomic E-state index is 13.9. The number of halogens is 1. The Balaban J connectivity index is 1.67. The second-order valence-corrected chi connectivity index (χ2v) is 7.55. The monoisotopic (exact) mass is 377 g/mol. The predicted octanol–water partition coefficient (Wildman–Crippen LogP) is 2.66. The summed E-state index contributed by atoms with van der Waals surface area (Å²) in [4.78, 5) is 13.3. The number of nitrogens with one attached hydrogen (secondary N) is 1. The van der Waals surface area contributed by atoms with Crippen LogP contribution in [0.15, 0.2) is 46.9 Å². The topological polar surface area (TPSA) is 85.8 Å². The second kappa shape index (κ2) is 7.66. The average Bonchev–Trinajstić information content (AvgIpc) is 3.24. The van der Waals surface area contributed by atoms with Gasteiger partial charge in [-0.05, 0) is 30.5 Å². The maximum Gasteiger partial charge on any atom is 0.233 e. The first kappa shape index (κ1) is 17.4. The van der Waals surface area contributed by atoms with Gasteiger partial charge in [-0.2, -0.15) is 0 Å². The number of amides is 1. The molecule has 0 aliphatic heterocycles. The molecule has 6 nitrogen and oxygen atoms in total. The van der Waals surface area contributed by atoms with Gasteiger partial charge in [0.2, 0.25) is 11.1 Å². The van der Waals surface area contributed by atoms with Crippen molar-refractivity contribution in [2.24, 2.45) is 0 Å². The van der Waals surface area contributed by atoms with Gasteiger partial charge in [-0.15, -0.1) is 21.5 Å². The van der Waals surface area contributed by atoms with Crippen LogP contribution in [0.4, 0.5) is 4.39 Å². The lowest BCUT2D eigenvalue weighted by atomic mass is 10.2. The molecule has 1 amide bonds. The number of aromatic nitrogens is 3. The zero-order valence-corrected chi connectivity index (χ0v) is 15.0. The molecule has 130 valence electrons. The first-order valence-electron chi connectivity index (χ1n) is 7.48. The van der Waals surface area contributed by atoms with Crippen LogP contribution in [0.1, 0.15) is 11.8 Å². The molecular formula is C16H16FN5OS2. The highest BCUT2D eigenvalue weighted by Gasteiger charge is 2.20. The van der Waals surface area contributed by atoms with Crippen LogP contribution in [0.2, 0.25) is 0 Å². The number of benzene rings is 1. The number of rotatable bonds is 6. The van der Waals surface area contributed by atoms with Gasteiger partial charge >= 0.3 is 0 Å². The van der Waals surface area contributed by atoms with E-state index in [2.05, 4.69) is 15.5 Å². The molecule has 0 unspecified atom stereocenters. The minimum atomic E-state index is -0.431. The number of nitrogens with zero attached hydrogens (tertiary/aromatic N) is 3. The Labute approximate surface area is 152 Å². The fourth-order valence-electron chi connectivity index (χ4n) is 2.13. The molecule has 2 aromatic heterocycles. The number of hydrogen-bond acceptors (Lipinski definition) is 6. The summed E-state index contributed by atoms with van der Waals surface area (Å²) in [5.74, 6) is 5.63. The number of nitrogen functional groups attached to an aromatic ring is 1. The third-order valence-corrected chi connectivity index (χ3v) is 5.38. The summed E-state index contributed by atoms with van der Waals surface area (Å²) in [6, 6.07) is 10.1. The highest BCUT2D eigenvalue weighted by atomic mass is 32.2. The van der Waals surface area contributed by atoms with Gasteiger partial charge in [-0.3, -0.25) is 4.79 Å². The van der Waals surface area contributed by atoms with Gasteiger partial charge < -0.3 is 11.2 Å². The molecule has 3 rings (SSSR count). The van der Waals surface area contributed by atoms with Crippen molar-refractivity contribution in [1.82, 2.24) is 20.2 Å². The molecule has 1 aromatic carbocycles. The van der Waals surface area contributed by atoms with Crippen molar-refractivity contribution in [2.75, 3.05) is 5.84 Å². The predicted molar refractivity (Wildman–Crippen MR) is 97.1 cm³/mol. The van der Waals surface area contributed by atoms with Gasteiger partial charge in [0.05, 0.1) is 17.4 Å². The zero-order chi connectivity index (χ0) is 17.8. The van der Waals surface area contributed by atoms with E-state index in [4.69, 9.17) is 5.84 Å². The number of carbonyl (C=O) groups excluding carboxylic acids is 1. The summed E-state index contributed by atoms with van der Waals surface area (Å²) in [6.45, 7) is 2.24. The van der Waals surface area contributed by atoms with Crippen molar-refractivity contribution >= 4 is 29.0 Å². The normalized spacial score (nSPS) is 12.1. The number of thiophene rings is 1. The molecule has 0 fully saturated rings. The summed E-state index contributed by atoms with van der Waals surface area (Å²) in [5.41, 5.74) is 0.263. The van der Waals surface area contributed by atoms with Crippen LogP contribution in [0, 0.1) is 5.82 Å². The Morgan fingerprint density at radius 1 is 1.36 bits per heavy atom. The Morgan fingerprint density at radius 3 is 2.88 bits per heavy atom. The third kappa shape index (κ3) is 3.99. The highest BCUT2D eigenvalue weighted by molar-refractivity contribution is 8.00. The largest absolute Gasteiger partial charge is 0.350 e. The zero-order valence-electron chi connectivity index (χ0n) is 13.3. The summed E-state index contributed by atoms with van der Waals surface area (Å²) in [5, 5.41) is 12.7. The van der Waals surface area contributed by atoms with E-state index in [1.807, 2.05) is 17.5 Å². The van der Waals surface area contributed by atoms with Crippen molar-refractivity contribution in [3.05, 3.63) is 52.5 Å². The first-order valence-corrected chi connectivity index (χ1v) is 9.24. The van der Waals surface area contributed by atoms with Crippen LogP contribution < -0.4 is 11.2 Å². The SMILES string of the molecule is C[C@H](Sc1nnc(-c2ccccc2F)n1N)C(=O)NCc1cccs1. The molecule has 0 saturated heterocycles. The van der Waals surface area contributed by atoms with Crippen molar-refractivity contribution in [1.29, 1.82) is 0 Å². The van der Waals surface area contributed by atoms with Crippen LogP contribution in [0.5, 0.6) is 0 Å². The van der Waals surface area contributed by atoms with E-state index in [1.165, 1.54) is 22.5 Å². The molecule has 0 spiro atoms. The molecule has 0 saturated carbocycles. The van der Waals surface area contributed by atoms with Crippen LogP contribution in [0.25, 0.3) is 11.4 Å². The summed E-state index contributed by atoms with van der Waals surface area (Å²) < 4.78 is 15.1. The second-order valence-electron chi connectivity index (χ2n) is 5.21. The van der Waals surface area contributed by atoms with Crippen molar-refractivity contribution in [3.63, 3.8) is 0 Å². The van der Waals surface area contributed by atoms with Gasteiger partial charge in [0.25, 0.3) is 0 Å². The Hall–Kier alpha value is -2.39. The van der Waals surface area contributed by atoms with Gasteiger partial charge in [0.1, 0.15) is 5.82 Å². The van der Waals surface area contributed by atoms with Crippen LogP contribution in [-0.2, 0) is 11.3 Å². The number of carbonyl (C=O) groups is 1. The van der Waals surface area contributed by atoms with Crippen LogP contribution in [0.3, 0.4) is 0 Å². The Bertz CT molecular complexity index is 865. The van der Waals surface area contributed by atoms with Crippen LogP contribution in [-0.4, -0.2) is 26.0 Å². The molecule has 2 heterocycles. The Kier molecular flexibility index (Phi) is 5.34. The molecule has 0 aliphatic carbocycles. The molecule has 3 aromatic rings. The smallest absolute Gasteiger partial charge is 0.233 e. The maximum atomic E-state index is 13.9. The molecular weight excluding hydrogens is 361 g/mol. The third-order valence-electron chi connectivity index (χ3n) is 3.45. The van der Waals surface area contributed by atoms with E-state index in [0.29, 0.717) is 11.7 Å². The number of hydrogen-bond donors (Lipinski definition) is 2. The molecule has 0 bridgehead atoms. The minimum Gasteiger partial charge on any atom is -0.350 e. The number of nitrogens with two attached hydrogens (primary N) is 1. The molecule has 0 aliphatic rings. The highest BCUT2D eigenvalue weighted by Crippen LogP contribution is 2.26. The van der Waals surface area contributed by atoms with Gasteiger partial charge in [-0.1, -0.05) is 30.0 Å². The van der Waals surface area contributed by atoms with E-state index < -0.39 is 11.1 Å². The molecule has 0 radical (unpaired) electrons. The molecule has 25 heavy (non-hydrogen) atoms. The minimum absolute atomic E-state index is 0.131. The fraction of sp³-hybridized carbons (Fsp3) is 0.188. The van der Waals surface area contributed by atoms with E-state index in [-0.39, 0.29) is 17.3 Å². The quantitative estimate of drug-likeness (QED) is 0.509.